The van der Waals surface area contributed by atoms with Crippen LogP contribution in [-0.2, 0) is 4.79 Å². The summed E-state index contributed by atoms with van der Waals surface area (Å²) >= 11 is 7.42. The molecule has 0 aliphatic rings. The van der Waals surface area contributed by atoms with Gasteiger partial charge in [0.1, 0.15) is 5.75 Å². The Kier molecular flexibility index (Phi) is 5.93. The number of hydrogen-bond donors (Lipinski definition) is 1. The van der Waals surface area contributed by atoms with Crippen molar-refractivity contribution >= 4 is 35.0 Å². The third-order valence-electron chi connectivity index (χ3n) is 3.18. The van der Waals surface area contributed by atoms with Gasteiger partial charge >= 0.3 is 0 Å². The van der Waals surface area contributed by atoms with E-state index in [1.165, 1.54) is 11.8 Å². The van der Waals surface area contributed by atoms with Crippen LogP contribution in [0.25, 0.3) is 0 Å². The van der Waals surface area contributed by atoms with Crippen LogP contribution < -0.4 is 10.1 Å². The van der Waals surface area contributed by atoms with Crippen molar-refractivity contribution in [3.8, 4) is 11.5 Å². The van der Waals surface area contributed by atoms with Gasteiger partial charge in [-0.3, -0.25) is 4.79 Å². The fourth-order valence-electron chi connectivity index (χ4n) is 2.06. The van der Waals surface area contributed by atoms with Crippen LogP contribution in [0.5, 0.6) is 11.5 Å². The number of para-hydroxylation sites is 1. The number of thioether (sulfide) groups is 1. The Bertz CT molecular complexity index is 845. The van der Waals surface area contributed by atoms with Crippen LogP contribution in [0, 0.1) is 0 Å². The monoisotopic (exact) mass is 370 g/mol. The van der Waals surface area contributed by atoms with Crippen LogP contribution in [0.4, 0.5) is 5.69 Å². The molecule has 1 N–H and O–H groups in total. The van der Waals surface area contributed by atoms with Crippen molar-refractivity contribution < 1.29 is 9.53 Å². The lowest BCUT2D eigenvalue weighted by Gasteiger charge is -2.12. The standard InChI is InChI=1S/C19H15ClN2O2S/c20-14-9-10-17(24-15-6-2-1-3-7-15)16(12-14)22-18(23)13-25-19-8-4-5-11-21-19/h1-12H,13H2,(H,22,23). The first-order valence-electron chi connectivity index (χ1n) is 7.57. The van der Waals surface area contributed by atoms with E-state index in [9.17, 15) is 4.79 Å². The molecule has 0 bridgehead atoms. The van der Waals surface area contributed by atoms with E-state index < -0.39 is 0 Å². The number of hydrogen-bond acceptors (Lipinski definition) is 4. The number of ether oxygens (including phenoxy) is 1. The minimum Gasteiger partial charge on any atom is -0.455 e. The summed E-state index contributed by atoms with van der Waals surface area (Å²) in [6.07, 6.45) is 1.70. The maximum absolute atomic E-state index is 12.2. The average molecular weight is 371 g/mol. The van der Waals surface area contributed by atoms with Crippen LogP contribution >= 0.6 is 23.4 Å². The van der Waals surface area contributed by atoms with E-state index in [0.29, 0.717) is 22.2 Å². The van der Waals surface area contributed by atoms with Crippen molar-refractivity contribution in [3.63, 3.8) is 0 Å². The van der Waals surface area contributed by atoms with Crippen LogP contribution in [0.1, 0.15) is 0 Å². The molecule has 1 amide bonds. The largest absolute Gasteiger partial charge is 0.455 e. The van der Waals surface area contributed by atoms with E-state index in [-0.39, 0.29) is 11.7 Å². The van der Waals surface area contributed by atoms with E-state index in [1.807, 2.05) is 48.5 Å². The third-order valence-corrected chi connectivity index (χ3v) is 4.35. The normalized spacial score (nSPS) is 10.3. The molecular formula is C19H15ClN2O2S. The molecule has 1 aromatic heterocycles. The van der Waals surface area contributed by atoms with Crippen molar-refractivity contribution in [2.45, 2.75) is 5.03 Å². The predicted octanol–water partition coefficient (Wildman–Crippen LogP) is 5.26. The zero-order chi connectivity index (χ0) is 17.5. The summed E-state index contributed by atoms with van der Waals surface area (Å²) < 4.78 is 5.84. The van der Waals surface area contributed by atoms with Gasteiger partial charge in [0.05, 0.1) is 16.5 Å². The SMILES string of the molecule is O=C(CSc1ccccn1)Nc1cc(Cl)ccc1Oc1ccccc1. The van der Waals surface area contributed by atoms with Gasteiger partial charge in [0.15, 0.2) is 5.75 Å². The lowest BCUT2D eigenvalue weighted by Crippen LogP contribution is -2.14. The van der Waals surface area contributed by atoms with Crippen molar-refractivity contribution in [1.82, 2.24) is 4.98 Å². The van der Waals surface area contributed by atoms with Gasteiger partial charge in [-0.05, 0) is 42.5 Å². The van der Waals surface area contributed by atoms with Gasteiger partial charge in [-0.15, -0.1) is 0 Å². The van der Waals surface area contributed by atoms with Crippen molar-refractivity contribution in [3.05, 3.63) is 77.9 Å². The summed E-state index contributed by atoms with van der Waals surface area (Å²) in [5.74, 6) is 1.31. The topological polar surface area (TPSA) is 51.2 Å². The Labute approximate surface area is 155 Å². The highest BCUT2D eigenvalue weighted by atomic mass is 35.5. The molecule has 25 heavy (non-hydrogen) atoms. The highest BCUT2D eigenvalue weighted by molar-refractivity contribution is 7.99. The molecule has 126 valence electrons. The van der Waals surface area contributed by atoms with E-state index in [0.717, 1.165) is 5.03 Å². The highest BCUT2D eigenvalue weighted by Gasteiger charge is 2.10. The summed E-state index contributed by atoms with van der Waals surface area (Å²) in [6, 6.07) is 20.1. The van der Waals surface area contributed by atoms with Gasteiger partial charge in [0, 0.05) is 11.2 Å². The summed E-state index contributed by atoms with van der Waals surface area (Å²) in [4.78, 5) is 16.4. The van der Waals surface area contributed by atoms with Gasteiger partial charge in [0.25, 0.3) is 0 Å². The average Bonchev–Trinajstić information content (AvgIpc) is 2.64. The van der Waals surface area contributed by atoms with E-state index >= 15 is 0 Å². The Morgan fingerprint density at radius 1 is 1.08 bits per heavy atom. The first-order chi connectivity index (χ1) is 12.2. The van der Waals surface area contributed by atoms with Crippen molar-refractivity contribution in [1.29, 1.82) is 0 Å². The smallest absolute Gasteiger partial charge is 0.234 e. The maximum Gasteiger partial charge on any atom is 0.234 e. The first-order valence-corrected chi connectivity index (χ1v) is 8.93. The fourth-order valence-corrected chi connectivity index (χ4v) is 2.90. The molecule has 1 heterocycles. The molecule has 3 rings (SSSR count). The molecule has 0 atom stereocenters. The van der Waals surface area contributed by atoms with Gasteiger partial charge in [-0.25, -0.2) is 4.98 Å². The molecule has 0 saturated heterocycles. The van der Waals surface area contributed by atoms with E-state index in [1.54, 1.807) is 24.4 Å². The number of amides is 1. The molecule has 6 heteroatoms. The lowest BCUT2D eigenvalue weighted by molar-refractivity contribution is -0.113. The molecule has 0 aliphatic carbocycles. The second-order valence-electron chi connectivity index (χ2n) is 5.06. The molecular weight excluding hydrogens is 356 g/mol. The summed E-state index contributed by atoms with van der Waals surface area (Å²) in [5, 5.41) is 4.16. The summed E-state index contributed by atoms with van der Waals surface area (Å²) in [7, 11) is 0. The number of anilines is 1. The van der Waals surface area contributed by atoms with Gasteiger partial charge in [-0.1, -0.05) is 47.6 Å². The van der Waals surface area contributed by atoms with Crippen LogP contribution in [0.3, 0.4) is 0 Å². The fraction of sp³-hybridized carbons (Fsp3) is 0.0526. The molecule has 3 aromatic rings. The molecule has 0 fully saturated rings. The van der Waals surface area contributed by atoms with Crippen molar-refractivity contribution in [2.75, 3.05) is 11.1 Å². The molecule has 0 aliphatic heterocycles. The molecule has 0 spiro atoms. The number of aromatic nitrogens is 1. The summed E-state index contributed by atoms with van der Waals surface area (Å²) in [6.45, 7) is 0. The van der Waals surface area contributed by atoms with Crippen LogP contribution in [-0.4, -0.2) is 16.6 Å². The number of carbonyl (C=O) groups excluding carboxylic acids is 1. The Morgan fingerprint density at radius 3 is 2.64 bits per heavy atom. The minimum absolute atomic E-state index is 0.157. The van der Waals surface area contributed by atoms with E-state index in [2.05, 4.69) is 10.3 Å². The zero-order valence-electron chi connectivity index (χ0n) is 13.2. The molecule has 4 nitrogen and oxygen atoms in total. The van der Waals surface area contributed by atoms with Crippen LogP contribution in [0.2, 0.25) is 5.02 Å². The zero-order valence-corrected chi connectivity index (χ0v) is 14.8. The van der Waals surface area contributed by atoms with Gasteiger partial charge < -0.3 is 10.1 Å². The maximum atomic E-state index is 12.2. The Hall–Kier alpha value is -2.50. The van der Waals surface area contributed by atoms with Crippen LogP contribution in [0.15, 0.2) is 78.0 Å². The number of benzene rings is 2. The van der Waals surface area contributed by atoms with Gasteiger partial charge in [0.2, 0.25) is 5.91 Å². The predicted molar refractivity (Wildman–Crippen MR) is 102 cm³/mol. The Morgan fingerprint density at radius 2 is 1.88 bits per heavy atom. The Balaban J connectivity index is 1.68. The molecule has 0 saturated carbocycles. The minimum atomic E-state index is -0.157. The van der Waals surface area contributed by atoms with Crippen molar-refractivity contribution in [2.24, 2.45) is 0 Å². The third kappa shape index (κ3) is 5.24. The molecule has 0 unspecified atom stereocenters. The highest BCUT2D eigenvalue weighted by Crippen LogP contribution is 2.32. The molecule has 2 aromatic carbocycles. The second kappa shape index (κ2) is 8.55. The number of halogens is 1. The number of carbonyl (C=O) groups is 1. The second-order valence-corrected chi connectivity index (χ2v) is 6.49. The number of nitrogens with one attached hydrogen (secondary N) is 1. The number of nitrogens with zero attached hydrogens (tertiary/aromatic N) is 1. The summed E-state index contributed by atoms with van der Waals surface area (Å²) in [5.41, 5.74) is 0.531. The quantitative estimate of drug-likeness (QED) is 0.601. The van der Waals surface area contributed by atoms with Gasteiger partial charge in [-0.2, -0.15) is 0 Å². The molecule has 0 radical (unpaired) electrons. The van der Waals surface area contributed by atoms with E-state index in [4.69, 9.17) is 16.3 Å². The number of rotatable bonds is 6. The number of pyridine rings is 1. The first kappa shape index (κ1) is 17.3. The lowest BCUT2D eigenvalue weighted by atomic mass is 10.3.